The zero-order valence-corrected chi connectivity index (χ0v) is 10.2. The Bertz CT molecular complexity index is 449. The summed E-state index contributed by atoms with van der Waals surface area (Å²) in [6, 6.07) is 0.184. The van der Waals surface area contributed by atoms with Gasteiger partial charge in [-0.2, -0.15) is 0 Å². The number of halogens is 1. The summed E-state index contributed by atoms with van der Waals surface area (Å²) in [5, 5.41) is 11.3. The van der Waals surface area contributed by atoms with Gasteiger partial charge in [-0.1, -0.05) is 13.8 Å². The highest BCUT2D eigenvalue weighted by atomic mass is 19.1. The smallest absolute Gasteiger partial charge is 0.326 e. The fourth-order valence-corrected chi connectivity index (χ4v) is 1.49. The molecule has 0 radical (unpaired) electrons. The topological polar surface area (TPSA) is 79.3 Å². The molecule has 1 amide bonds. The predicted octanol–water partition coefficient (Wildman–Crippen LogP) is 1.45. The Morgan fingerprint density at radius 2 is 2.17 bits per heavy atom. The van der Waals surface area contributed by atoms with Crippen molar-refractivity contribution in [1.29, 1.82) is 0 Å². The van der Waals surface area contributed by atoms with Crippen molar-refractivity contribution in [3.8, 4) is 0 Å². The van der Waals surface area contributed by atoms with Crippen molar-refractivity contribution in [2.45, 2.75) is 26.3 Å². The molecule has 0 aliphatic carbocycles. The number of carboxylic acids is 1. The molecule has 1 aromatic heterocycles. The molecular weight excluding hydrogens is 239 g/mol. The number of hydrogen-bond donors (Lipinski definition) is 2. The van der Waals surface area contributed by atoms with Gasteiger partial charge in [0.1, 0.15) is 6.04 Å². The molecule has 0 spiro atoms. The molecule has 1 heterocycles. The molecule has 18 heavy (non-hydrogen) atoms. The molecule has 1 aromatic rings. The van der Waals surface area contributed by atoms with Crippen LogP contribution in [0.2, 0.25) is 0 Å². The van der Waals surface area contributed by atoms with Crippen LogP contribution >= 0.6 is 0 Å². The van der Waals surface area contributed by atoms with Crippen LogP contribution in [0.3, 0.4) is 0 Å². The molecule has 98 valence electrons. The zero-order valence-electron chi connectivity index (χ0n) is 10.2. The summed E-state index contributed by atoms with van der Waals surface area (Å²) in [6.45, 7) is 3.68. The Balaban J connectivity index is 2.79. The summed E-state index contributed by atoms with van der Waals surface area (Å²) in [6.07, 6.45) is 2.47. The van der Waals surface area contributed by atoms with E-state index in [0.717, 1.165) is 6.20 Å². The van der Waals surface area contributed by atoms with Crippen LogP contribution in [-0.2, 0) is 4.79 Å². The van der Waals surface area contributed by atoms with Gasteiger partial charge in [-0.15, -0.1) is 0 Å². The Morgan fingerprint density at radius 3 is 2.67 bits per heavy atom. The van der Waals surface area contributed by atoms with Crippen molar-refractivity contribution in [3.05, 3.63) is 29.8 Å². The molecule has 0 fully saturated rings. The highest BCUT2D eigenvalue weighted by molar-refractivity contribution is 5.96. The lowest BCUT2D eigenvalue weighted by atomic mass is 10.0. The molecule has 0 saturated carbocycles. The monoisotopic (exact) mass is 254 g/mol. The maximum atomic E-state index is 13.3. The van der Waals surface area contributed by atoms with Gasteiger partial charge in [0.15, 0.2) is 5.82 Å². The Kier molecular flexibility index (Phi) is 4.76. The van der Waals surface area contributed by atoms with Crippen LogP contribution in [0, 0.1) is 11.7 Å². The minimum Gasteiger partial charge on any atom is -0.480 e. The SMILES string of the molecule is CC(C)C[C@@H](NC(=O)c1ccncc1F)C(=O)O. The second-order valence-electron chi connectivity index (χ2n) is 4.35. The highest BCUT2D eigenvalue weighted by Crippen LogP contribution is 2.08. The first-order chi connectivity index (χ1) is 8.41. The van der Waals surface area contributed by atoms with Crippen LogP contribution in [0.1, 0.15) is 30.6 Å². The summed E-state index contributed by atoms with van der Waals surface area (Å²) in [7, 11) is 0. The normalized spacial score (nSPS) is 12.2. The lowest BCUT2D eigenvalue weighted by Gasteiger charge is -2.16. The number of aliphatic carboxylic acids is 1. The predicted molar refractivity (Wildman–Crippen MR) is 62.5 cm³/mol. The molecule has 0 aliphatic rings. The highest BCUT2D eigenvalue weighted by Gasteiger charge is 2.22. The van der Waals surface area contributed by atoms with Gasteiger partial charge in [-0.25, -0.2) is 9.18 Å². The van der Waals surface area contributed by atoms with Gasteiger partial charge < -0.3 is 10.4 Å². The molecule has 0 bridgehead atoms. The van der Waals surface area contributed by atoms with E-state index in [2.05, 4.69) is 10.3 Å². The van der Waals surface area contributed by atoms with Gasteiger partial charge in [-0.3, -0.25) is 9.78 Å². The number of pyridine rings is 1. The number of carbonyl (C=O) groups is 2. The van der Waals surface area contributed by atoms with Gasteiger partial charge >= 0.3 is 5.97 Å². The number of rotatable bonds is 5. The summed E-state index contributed by atoms with van der Waals surface area (Å²) >= 11 is 0. The third kappa shape index (κ3) is 3.80. The van der Waals surface area contributed by atoms with E-state index >= 15 is 0 Å². The van der Waals surface area contributed by atoms with E-state index in [1.165, 1.54) is 12.3 Å². The number of hydrogen-bond acceptors (Lipinski definition) is 3. The number of amides is 1. The maximum absolute atomic E-state index is 13.3. The van der Waals surface area contributed by atoms with Crippen LogP contribution in [0.25, 0.3) is 0 Å². The fourth-order valence-electron chi connectivity index (χ4n) is 1.49. The van der Waals surface area contributed by atoms with Crippen LogP contribution in [0.15, 0.2) is 18.5 Å². The minimum atomic E-state index is -1.13. The first-order valence-corrected chi connectivity index (χ1v) is 5.55. The van der Waals surface area contributed by atoms with Crippen LogP contribution in [-0.4, -0.2) is 28.0 Å². The van der Waals surface area contributed by atoms with E-state index in [1.54, 1.807) is 0 Å². The van der Waals surface area contributed by atoms with Gasteiger partial charge in [0, 0.05) is 6.20 Å². The summed E-state index contributed by atoms with van der Waals surface area (Å²) in [4.78, 5) is 26.2. The second-order valence-corrected chi connectivity index (χ2v) is 4.35. The van der Waals surface area contributed by atoms with E-state index < -0.39 is 23.7 Å². The number of carbonyl (C=O) groups excluding carboxylic acids is 1. The molecule has 0 unspecified atom stereocenters. The average Bonchev–Trinajstić information content (AvgIpc) is 2.27. The molecule has 6 heteroatoms. The van der Waals surface area contributed by atoms with Crippen molar-refractivity contribution in [2.24, 2.45) is 5.92 Å². The largest absolute Gasteiger partial charge is 0.480 e. The summed E-state index contributed by atoms with van der Waals surface area (Å²) in [5.41, 5.74) is -0.208. The third-order valence-electron chi connectivity index (χ3n) is 2.33. The van der Waals surface area contributed by atoms with Crippen molar-refractivity contribution < 1.29 is 19.1 Å². The fraction of sp³-hybridized carbons (Fsp3) is 0.417. The van der Waals surface area contributed by atoms with E-state index in [0.29, 0.717) is 0 Å². The lowest BCUT2D eigenvalue weighted by molar-refractivity contribution is -0.139. The Labute approximate surface area is 104 Å². The van der Waals surface area contributed by atoms with Crippen molar-refractivity contribution >= 4 is 11.9 Å². The zero-order chi connectivity index (χ0) is 13.7. The lowest BCUT2D eigenvalue weighted by Crippen LogP contribution is -2.41. The van der Waals surface area contributed by atoms with Crippen LogP contribution in [0.4, 0.5) is 4.39 Å². The minimum absolute atomic E-state index is 0.105. The molecule has 2 N–H and O–H groups in total. The third-order valence-corrected chi connectivity index (χ3v) is 2.33. The number of nitrogens with zero attached hydrogens (tertiary/aromatic N) is 1. The number of nitrogens with one attached hydrogen (secondary N) is 1. The van der Waals surface area contributed by atoms with Crippen molar-refractivity contribution in [1.82, 2.24) is 10.3 Å². The summed E-state index contributed by atoms with van der Waals surface area (Å²) in [5.74, 6) is -2.55. The molecule has 1 rings (SSSR count). The van der Waals surface area contributed by atoms with Crippen LogP contribution < -0.4 is 5.32 Å². The van der Waals surface area contributed by atoms with Gasteiger partial charge in [0.2, 0.25) is 0 Å². The maximum Gasteiger partial charge on any atom is 0.326 e. The number of carboxylic acid groups (broad SMARTS) is 1. The second kappa shape index (κ2) is 6.09. The summed E-state index contributed by atoms with van der Waals surface area (Å²) < 4.78 is 13.3. The molecule has 5 nitrogen and oxygen atoms in total. The van der Waals surface area contributed by atoms with E-state index in [4.69, 9.17) is 5.11 Å². The Hall–Kier alpha value is -1.98. The van der Waals surface area contributed by atoms with E-state index in [1.807, 2.05) is 13.8 Å². The standard InChI is InChI=1S/C12H15FN2O3/c1-7(2)5-10(12(17)18)15-11(16)8-3-4-14-6-9(8)13/h3-4,6-7,10H,5H2,1-2H3,(H,15,16)(H,17,18)/t10-/m1/s1. The molecular formula is C12H15FN2O3. The van der Waals surface area contributed by atoms with Gasteiger partial charge in [-0.05, 0) is 18.4 Å². The molecule has 0 saturated heterocycles. The Morgan fingerprint density at radius 1 is 1.50 bits per heavy atom. The van der Waals surface area contributed by atoms with Crippen molar-refractivity contribution in [3.63, 3.8) is 0 Å². The first-order valence-electron chi connectivity index (χ1n) is 5.55. The van der Waals surface area contributed by atoms with Gasteiger partial charge in [0.05, 0.1) is 11.8 Å². The molecule has 0 aliphatic heterocycles. The van der Waals surface area contributed by atoms with Crippen LogP contribution in [0.5, 0.6) is 0 Å². The quantitative estimate of drug-likeness (QED) is 0.833. The number of aromatic nitrogens is 1. The van der Waals surface area contributed by atoms with Gasteiger partial charge in [0.25, 0.3) is 5.91 Å². The van der Waals surface area contributed by atoms with E-state index in [9.17, 15) is 14.0 Å². The average molecular weight is 254 g/mol. The van der Waals surface area contributed by atoms with E-state index in [-0.39, 0.29) is 17.9 Å². The molecule has 1 atom stereocenters. The molecule has 0 aromatic carbocycles. The van der Waals surface area contributed by atoms with Crippen molar-refractivity contribution in [2.75, 3.05) is 0 Å². The first kappa shape index (κ1) is 14.1.